The molecule has 0 aliphatic carbocycles. The summed E-state index contributed by atoms with van der Waals surface area (Å²) in [4.78, 5) is 0. The highest BCUT2D eigenvalue weighted by atomic mass is 16.5. The maximum absolute atomic E-state index is 4.56. The minimum atomic E-state index is 0.955. The molecule has 0 spiro atoms. The third-order valence-electron chi connectivity index (χ3n) is 0.853. The van der Waals surface area contributed by atoms with Crippen molar-refractivity contribution in [3.05, 3.63) is 18.0 Å². The molecule has 0 atom stereocenters. The van der Waals surface area contributed by atoms with E-state index in [1.807, 2.05) is 13.0 Å². The van der Waals surface area contributed by atoms with Gasteiger partial charge >= 0.3 is 0 Å². The fourth-order valence-electron chi connectivity index (χ4n) is 0.420. The fraction of sp³-hybridized carbons (Fsp3) is 0.625. The van der Waals surface area contributed by atoms with Crippen LogP contribution in [0.4, 0.5) is 0 Å². The van der Waals surface area contributed by atoms with Gasteiger partial charge < -0.3 is 4.52 Å². The Morgan fingerprint density at radius 2 is 2.00 bits per heavy atom. The molecule has 0 bridgehead atoms. The fourth-order valence-corrected chi connectivity index (χ4v) is 0.420. The van der Waals surface area contributed by atoms with Gasteiger partial charge in [0.05, 0.1) is 5.69 Å². The van der Waals surface area contributed by atoms with E-state index >= 15 is 0 Å². The van der Waals surface area contributed by atoms with Gasteiger partial charge in [-0.3, -0.25) is 0 Å². The Morgan fingerprint density at radius 1 is 1.40 bits per heavy atom. The lowest BCUT2D eigenvalue weighted by Gasteiger charge is -1.74. The molecule has 0 amide bonds. The second kappa shape index (κ2) is 6.33. The molecule has 1 rings (SSSR count). The van der Waals surface area contributed by atoms with Crippen molar-refractivity contribution < 1.29 is 4.52 Å². The van der Waals surface area contributed by atoms with Crippen LogP contribution >= 0.6 is 0 Å². The summed E-state index contributed by atoms with van der Waals surface area (Å²) >= 11 is 0. The van der Waals surface area contributed by atoms with Gasteiger partial charge in [0.1, 0.15) is 6.26 Å². The van der Waals surface area contributed by atoms with Gasteiger partial charge in [0.15, 0.2) is 0 Å². The molecule has 0 unspecified atom stereocenters. The summed E-state index contributed by atoms with van der Waals surface area (Å²) in [5.41, 5.74) is 1.01. The van der Waals surface area contributed by atoms with Crippen LogP contribution in [0.5, 0.6) is 0 Å². The van der Waals surface area contributed by atoms with Crippen molar-refractivity contribution in [2.45, 2.75) is 33.6 Å². The van der Waals surface area contributed by atoms with Gasteiger partial charge in [-0.05, 0) is 6.42 Å². The maximum Gasteiger partial charge on any atom is 0.124 e. The normalized spacial score (nSPS) is 8.30. The van der Waals surface area contributed by atoms with Gasteiger partial charge in [0.2, 0.25) is 0 Å². The molecule has 0 aliphatic rings. The third kappa shape index (κ3) is 4.13. The predicted octanol–water partition coefficient (Wildman–Crippen LogP) is 2.65. The SMILES string of the molecule is CCC.CCc1ccon1. The zero-order valence-electron chi connectivity index (χ0n) is 6.92. The van der Waals surface area contributed by atoms with Gasteiger partial charge in [0, 0.05) is 6.07 Å². The Bertz CT molecular complexity index is 135. The largest absolute Gasteiger partial charge is 0.365 e. The summed E-state index contributed by atoms with van der Waals surface area (Å²) in [5.74, 6) is 0. The predicted molar refractivity (Wildman–Crippen MR) is 41.8 cm³/mol. The quantitative estimate of drug-likeness (QED) is 0.601. The summed E-state index contributed by atoms with van der Waals surface area (Å²) in [6.07, 6.45) is 3.79. The van der Waals surface area contributed by atoms with Crippen LogP contribution < -0.4 is 0 Å². The molecule has 2 heteroatoms. The first-order valence-electron chi connectivity index (χ1n) is 3.74. The van der Waals surface area contributed by atoms with Gasteiger partial charge in [-0.15, -0.1) is 0 Å². The number of rotatable bonds is 1. The van der Waals surface area contributed by atoms with E-state index in [1.54, 1.807) is 6.26 Å². The molecule has 0 N–H and O–H groups in total. The molecule has 1 aromatic heterocycles. The van der Waals surface area contributed by atoms with Crippen molar-refractivity contribution in [3.63, 3.8) is 0 Å². The second-order valence-corrected chi connectivity index (χ2v) is 2.05. The van der Waals surface area contributed by atoms with Gasteiger partial charge in [-0.2, -0.15) is 0 Å². The number of aromatic nitrogens is 1. The molecule has 1 aromatic rings. The molecule has 0 aliphatic heterocycles. The van der Waals surface area contributed by atoms with Crippen molar-refractivity contribution in [1.29, 1.82) is 0 Å². The molecule has 0 saturated carbocycles. The van der Waals surface area contributed by atoms with E-state index in [0.29, 0.717) is 0 Å². The molecule has 0 fully saturated rings. The number of aryl methyl sites for hydroxylation is 1. The Morgan fingerprint density at radius 3 is 2.20 bits per heavy atom. The summed E-state index contributed by atoms with van der Waals surface area (Å²) < 4.78 is 4.56. The zero-order chi connectivity index (χ0) is 7.82. The van der Waals surface area contributed by atoms with Crippen molar-refractivity contribution >= 4 is 0 Å². The summed E-state index contributed by atoms with van der Waals surface area (Å²) in [6.45, 7) is 6.29. The average molecular weight is 141 g/mol. The minimum Gasteiger partial charge on any atom is -0.365 e. The first-order valence-corrected chi connectivity index (χ1v) is 3.74. The molecule has 0 aromatic carbocycles. The molecule has 0 radical (unpaired) electrons. The van der Waals surface area contributed by atoms with E-state index in [4.69, 9.17) is 0 Å². The van der Waals surface area contributed by atoms with Crippen LogP contribution in [0.2, 0.25) is 0 Å². The highest BCUT2D eigenvalue weighted by Crippen LogP contribution is 1.92. The van der Waals surface area contributed by atoms with Crippen LogP contribution in [-0.2, 0) is 6.42 Å². The standard InChI is InChI=1S/C5H7NO.C3H8/c1-2-5-3-4-7-6-5;1-3-2/h3-4H,2H2,1H3;3H2,1-2H3. The first-order chi connectivity index (χ1) is 4.85. The summed E-state index contributed by atoms with van der Waals surface area (Å²) in [6, 6.07) is 1.86. The van der Waals surface area contributed by atoms with Crippen LogP contribution in [0.1, 0.15) is 32.9 Å². The van der Waals surface area contributed by atoms with E-state index in [0.717, 1.165) is 12.1 Å². The minimum absolute atomic E-state index is 0.955. The van der Waals surface area contributed by atoms with Crippen LogP contribution in [-0.4, -0.2) is 5.16 Å². The Labute approximate surface area is 62.2 Å². The smallest absolute Gasteiger partial charge is 0.124 e. The van der Waals surface area contributed by atoms with Crippen molar-refractivity contribution in [1.82, 2.24) is 5.16 Å². The first kappa shape index (κ1) is 9.21. The lowest BCUT2D eigenvalue weighted by molar-refractivity contribution is 0.412. The van der Waals surface area contributed by atoms with Gasteiger partial charge in [-0.25, -0.2) is 0 Å². The van der Waals surface area contributed by atoms with Gasteiger partial charge in [0.25, 0.3) is 0 Å². The van der Waals surface area contributed by atoms with Crippen molar-refractivity contribution in [2.24, 2.45) is 0 Å². The Kier molecular flexibility index (Phi) is 5.83. The van der Waals surface area contributed by atoms with Crippen LogP contribution in [0, 0.1) is 0 Å². The lowest BCUT2D eigenvalue weighted by atomic mass is 10.4. The van der Waals surface area contributed by atoms with E-state index in [9.17, 15) is 0 Å². The van der Waals surface area contributed by atoms with Crippen LogP contribution in [0.15, 0.2) is 16.9 Å². The Balaban J connectivity index is 0.000000236. The highest BCUT2D eigenvalue weighted by Gasteiger charge is 1.86. The van der Waals surface area contributed by atoms with E-state index in [2.05, 4.69) is 23.5 Å². The van der Waals surface area contributed by atoms with E-state index < -0.39 is 0 Å². The molecule has 10 heavy (non-hydrogen) atoms. The van der Waals surface area contributed by atoms with Crippen molar-refractivity contribution in [3.8, 4) is 0 Å². The molecule has 0 saturated heterocycles. The third-order valence-corrected chi connectivity index (χ3v) is 0.853. The Hall–Kier alpha value is -0.790. The number of hydrogen-bond acceptors (Lipinski definition) is 2. The highest BCUT2D eigenvalue weighted by molar-refractivity contribution is 4.93. The molecule has 1 heterocycles. The van der Waals surface area contributed by atoms with Crippen molar-refractivity contribution in [2.75, 3.05) is 0 Å². The van der Waals surface area contributed by atoms with Crippen LogP contribution in [0.25, 0.3) is 0 Å². The zero-order valence-corrected chi connectivity index (χ0v) is 6.92. The molecule has 58 valence electrons. The van der Waals surface area contributed by atoms with E-state index in [-0.39, 0.29) is 0 Å². The topological polar surface area (TPSA) is 26.0 Å². The monoisotopic (exact) mass is 141 g/mol. The average Bonchev–Trinajstić information content (AvgIpc) is 2.39. The van der Waals surface area contributed by atoms with Gasteiger partial charge in [-0.1, -0.05) is 32.3 Å². The second-order valence-electron chi connectivity index (χ2n) is 2.05. The summed E-state index contributed by atoms with van der Waals surface area (Å²) in [5, 5.41) is 3.66. The number of hydrogen-bond donors (Lipinski definition) is 0. The molecular formula is C8H15NO. The molecular weight excluding hydrogens is 126 g/mol. The number of nitrogens with zero attached hydrogens (tertiary/aromatic N) is 1. The summed E-state index contributed by atoms with van der Waals surface area (Å²) in [7, 11) is 0. The van der Waals surface area contributed by atoms with E-state index in [1.165, 1.54) is 6.42 Å². The lowest BCUT2D eigenvalue weighted by Crippen LogP contribution is -1.73. The van der Waals surface area contributed by atoms with Crippen LogP contribution in [0.3, 0.4) is 0 Å². The molecule has 2 nitrogen and oxygen atoms in total. The maximum atomic E-state index is 4.56.